The van der Waals surface area contributed by atoms with Crippen LogP contribution >= 0.6 is 0 Å². The van der Waals surface area contributed by atoms with Crippen molar-refractivity contribution in [2.45, 2.75) is 13.1 Å². The maximum absolute atomic E-state index is 5.39. The second-order valence-corrected chi connectivity index (χ2v) is 18.7. The highest BCUT2D eigenvalue weighted by Gasteiger charge is 2.40. The molecule has 0 aliphatic carbocycles. The van der Waals surface area contributed by atoms with Crippen LogP contribution in [0.25, 0.3) is 89.1 Å². The third-order valence-corrected chi connectivity index (χ3v) is 14.4. The second kappa shape index (κ2) is 12.3. The third kappa shape index (κ3) is 5.22. The molecule has 0 N–H and O–H groups in total. The minimum Gasteiger partial charge on any atom is -0.208 e. The van der Waals surface area contributed by atoms with Crippen LogP contribution in [-0.4, -0.2) is 23.0 Å². The van der Waals surface area contributed by atoms with Gasteiger partial charge in [0.05, 0.1) is 0 Å². The van der Waals surface area contributed by atoms with Gasteiger partial charge in [-0.15, -0.1) is 0 Å². The fourth-order valence-corrected chi connectivity index (χ4v) is 11.8. The van der Waals surface area contributed by atoms with Crippen LogP contribution in [0.2, 0.25) is 13.1 Å². The van der Waals surface area contributed by atoms with Gasteiger partial charge in [0.15, 0.2) is 17.5 Å². The third-order valence-electron chi connectivity index (χ3n) is 10.9. The molecule has 0 bridgehead atoms. The highest BCUT2D eigenvalue weighted by molar-refractivity contribution is 7.04. The Kier molecular flexibility index (Phi) is 7.27. The van der Waals surface area contributed by atoms with Gasteiger partial charge in [-0.2, -0.15) is 0 Å². The van der Waals surface area contributed by atoms with E-state index >= 15 is 0 Å². The molecule has 250 valence electrons. The van der Waals surface area contributed by atoms with Crippen molar-refractivity contribution >= 4 is 40.0 Å². The van der Waals surface area contributed by atoms with E-state index in [1.807, 2.05) is 0 Å². The van der Waals surface area contributed by atoms with Gasteiger partial charge in [-0.05, 0) is 83.5 Å². The van der Waals surface area contributed by atoms with Crippen LogP contribution in [-0.2, 0) is 0 Å². The Morgan fingerprint density at radius 3 is 1.62 bits per heavy atom. The maximum atomic E-state index is 5.39. The van der Waals surface area contributed by atoms with E-state index in [0.717, 1.165) is 33.2 Å². The average molecular weight is 694 g/mol. The second-order valence-electron chi connectivity index (χ2n) is 14.4. The van der Waals surface area contributed by atoms with Crippen molar-refractivity contribution in [2.24, 2.45) is 0 Å². The van der Waals surface area contributed by atoms with Crippen molar-refractivity contribution in [3.05, 3.63) is 176 Å². The quantitative estimate of drug-likeness (QED) is 0.168. The summed E-state index contributed by atoms with van der Waals surface area (Å²) >= 11 is 0. The summed E-state index contributed by atoms with van der Waals surface area (Å²) in [7, 11) is -2.16. The van der Waals surface area contributed by atoms with Gasteiger partial charge >= 0.3 is 0 Å². The summed E-state index contributed by atoms with van der Waals surface area (Å²) in [6, 6.07) is 62.8. The molecular weight excluding hydrogens is 659 g/mol. The molecule has 2 heterocycles. The zero-order valence-electron chi connectivity index (χ0n) is 29.6. The Bertz CT molecular complexity index is 2860. The first-order chi connectivity index (χ1) is 26.0. The lowest BCUT2D eigenvalue weighted by molar-refractivity contribution is 1.08. The van der Waals surface area contributed by atoms with E-state index in [1.165, 1.54) is 48.8 Å². The first-order valence-corrected chi connectivity index (χ1v) is 21.2. The molecule has 4 heteroatoms. The predicted octanol–water partition coefficient (Wildman–Crippen LogP) is 11.3. The number of rotatable bonds is 5. The molecule has 8 aromatic carbocycles. The van der Waals surface area contributed by atoms with E-state index < -0.39 is 8.07 Å². The molecule has 0 radical (unpaired) electrons. The molecule has 1 aliphatic rings. The van der Waals surface area contributed by atoms with Crippen molar-refractivity contribution in [3.63, 3.8) is 0 Å². The van der Waals surface area contributed by atoms with E-state index in [9.17, 15) is 0 Å². The Labute approximate surface area is 310 Å². The Balaban J connectivity index is 1.21. The number of hydrogen-bond acceptors (Lipinski definition) is 3. The van der Waals surface area contributed by atoms with E-state index in [1.54, 1.807) is 0 Å². The molecule has 0 amide bonds. The molecule has 0 saturated carbocycles. The predicted molar refractivity (Wildman–Crippen MR) is 224 cm³/mol. The normalized spacial score (nSPS) is 12.9. The molecule has 0 spiro atoms. The van der Waals surface area contributed by atoms with Gasteiger partial charge in [0.1, 0.15) is 8.07 Å². The summed E-state index contributed by atoms with van der Waals surface area (Å²) in [5, 5.41) is 7.68. The molecule has 0 atom stereocenters. The summed E-state index contributed by atoms with van der Waals surface area (Å²) in [5.41, 5.74) is 10.3. The maximum Gasteiger partial charge on any atom is 0.164 e. The number of nitrogens with zero attached hydrogens (tertiary/aromatic N) is 3. The SMILES string of the molecule is C[Si]1(C)c2cc3ccccc3cc2-c2cccc(-c3nc(-c4cccc(-c5ccccc5)c4)nc(-c4ccc(-c5ccccc5)c5ccccc45)n3)c21. The van der Waals surface area contributed by atoms with Gasteiger partial charge in [-0.3, -0.25) is 0 Å². The van der Waals surface area contributed by atoms with Crippen molar-refractivity contribution < 1.29 is 0 Å². The highest BCUT2D eigenvalue weighted by atomic mass is 28.3. The fraction of sp³-hybridized carbons (Fsp3) is 0.0408. The minimum absolute atomic E-state index is 0.664. The highest BCUT2D eigenvalue weighted by Crippen LogP contribution is 2.38. The molecule has 3 nitrogen and oxygen atoms in total. The Morgan fingerprint density at radius 1 is 0.340 bits per heavy atom. The van der Waals surface area contributed by atoms with Crippen LogP contribution < -0.4 is 10.4 Å². The number of benzene rings is 8. The molecule has 9 aromatic rings. The molecule has 10 rings (SSSR count). The smallest absolute Gasteiger partial charge is 0.164 e. The van der Waals surface area contributed by atoms with Gasteiger partial charge in [0, 0.05) is 16.7 Å². The lowest BCUT2D eigenvalue weighted by Gasteiger charge is -2.22. The van der Waals surface area contributed by atoms with Gasteiger partial charge in [0.2, 0.25) is 0 Å². The van der Waals surface area contributed by atoms with Gasteiger partial charge in [0.25, 0.3) is 0 Å². The van der Waals surface area contributed by atoms with Gasteiger partial charge < -0.3 is 0 Å². The first kappa shape index (κ1) is 31.3. The van der Waals surface area contributed by atoms with Gasteiger partial charge in [-0.25, -0.2) is 15.0 Å². The van der Waals surface area contributed by atoms with Crippen LogP contribution in [0, 0.1) is 0 Å². The zero-order chi connectivity index (χ0) is 35.5. The van der Waals surface area contributed by atoms with E-state index in [0.29, 0.717) is 17.5 Å². The summed E-state index contributed by atoms with van der Waals surface area (Å²) in [6.45, 7) is 4.94. The summed E-state index contributed by atoms with van der Waals surface area (Å²) < 4.78 is 0. The van der Waals surface area contributed by atoms with Crippen LogP contribution in [0.15, 0.2) is 176 Å². The van der Waals surface area contributed by atoms with Crippen LogP contribution in [0.3, 0.4) is 0 Å². The summed E-state index contributed by atoms with van der Waals surface area (Å²) in [6.07, 6.45) is 0. The topological polar surface area (TPSA) is 38.7 Å². The molecule has 53 heavy (non-hydrogen) atoms. The lowest BCUT2D eigenvalue weighted by Crippen LogP contribution is -2.50. The standard InChI is InChI=1S/C49H35N3Si/c1-53(2)45-31-36-20-10-9-19-35(36)30-44(45)41-25-14-26-43(46(41)53)49-51-47(37-22-13-21-34(29-37)32-15-5-3-6-16-32)50-48(52-49)42-28-27-38(33-17-7-4-8-18-33)39-23-11-12-24-40(39)42/h3-31H,1-2H3. The molecule has 0 saturated heterocycles. The van der Waals surface area contributed by atoms with Crippen molar-refractivity contribution in [3.8, 4) is 67.5 Å². The van der Waals surface area contributed by atoms with E-state index in [4.69, 9.17) is 15.0 Å². The first-order valence-electron chi connectivity index (χ1n) is 18.2. The van der Waals surface area contributed by atoms with Gasteiger partial charge in [-0.1, -0.05) is 171 Å². The van der Waals surface area contributed by atoms with E-state index in [2.05, 4.69) is 189 Å². The summed E-state index contributed by atoms with van der Waals surface area (Å²) in [4.78, 5) is 16.0. The molecule has 0 unspecified atom stereocenters. The molecular formula is C49H35N3Si. The van der Waals surface area contributed by atoms with Crippen molar-refractivity contribution in [2.75, 3.05) is 0 Å². The number of hydrogen-bond donors (Lipinski definition) is 0. The summed E-state index contributed by atoms with van der Waals surface area (Å²) in [5.74, 6) is 2.04. The molecule has 1 aromatic heterocycles. The van der Waals surface area contributed by atoms with Crippen molar-refractivity contribution in [1.82, 2.24) is 15.0 Å². The fourth-order valence-electron chi connectivity index (χ4n) is 8.33. The monoisotopic (exact) mass is 693 g/mol. The lowest BCUT2D eigenvalue weighted by atomic mass is 9.94. The molecule has 1 aliphatic heterocycles. The largest absolute Gasteiger partial charge is 0.208 e. The number of aromatic nitrogens is 3. The Morgan fingerprint density at radius 2 is 0.868 bits per heavy atom. The number of fused-ring (bicyclic) bond motifs is 5. The average Bonchev–Trinajstić information content (AvgIpc) is 3.45. The Hall–Kier alpha value is -6.49. The van der Waals surface area contributed by atoms with Crippen LogP contribution in [0.1, 0.15) is 0 Å². The molecule has 0 fully saturated rings. The van der Waals surface area contributed by atoms with E-state index in [-0.39, 0.29) is 0 Å². The minimum atomic E-state index is -2.16. The van der Waals surface area contributed by atoms with Crippen molar-refractivity contribution in [1.29, 1.82) is 0 Å². The van der Waals surface area contributed by atoms with Crippen LogP contribution in [0.5, 0.6) is 0 Å². The zero-order valence-corrected chi connectivity index (χ0v) is 30.6. The van der Waals surface area contributed by atoms with Crippen LogP contribution in [0.4, 0.5) is 0 Å².